The molecule has 128 valence electrons. The molecule has 2 aromatic rings. The predicted molar refractivity (Wildman–Crippen MR) is 84.1 cm³/mol. The van der Waals surface area contributed by atoms with E-state index >= 15 is 0 Å². The number of nitrogens with zero attached hydrogens (tertiary/aromatic N) is 2. The number of carboxylic acid groups (broad SMARTS) is 1. The Morgan fingerprint density at radius 1 is 1.08 bits per heavy atom. The summed E-state index contributed by atoms with van der Waals surface area (Å²) in [5, 5.41) is 31.4. The van der Waals surface area contributed by atoms with E-state index in [-0.39, 0.29) is 18.0 Å². The van der Waals surface area contributed by atoms with Gasteiger partial charge in [-0.1, -0.05) is 18.2 Å². The second-order valence-electron chi connectivity index (χ2n) is 5.54. The molecule has 0 saturated heterocycles. The fraction of sp³-hybridized carbons (Fsp3) is 0.188. The van der Waals surface area contributed by atoms with Crippen molar-refractivity contribution >= 4 is 17.3 Å². The standard InChI is InChI=1S/C16H12N2O7/c19-16(20)14-13-5-4-12(18(23)24)7-10(13)8-25-15(14)9-2-1-3-11(6-9)17(21)22/h1-7,14-15H,8H2,(H,19,20). The second kappa shape index (κ2) is 6.29. The number of non-ortho nitro benzene ring substituents is 2. The molecule has 0 spiro atoms. The molecule has 0 fully saturated rings. The maximum atomic E-state index is 11.8. The van der Waals surface area contributed by atoms with Crippen molar-refractivity contribution in [3.8, 4) is 0 Å². The van der Waals surface area contributed by atoms with E-state index in [1.807, 2.05) is 0 Å². The van der Waals surface area contributed by atoms with Crippen LogP contribution in [0.3, 0.4) is 0 Å². The summed E-state index contributed by atoms with van der Waals surface area (Å²) in [6.45, 7) is -0.0197. The molecule has 9 heteroatoms. The Labute approximate surface area is 140 Å². The van der Waals surface area contributed by atoms with Crippen molar-refractivity contribution in [1.29, 1.82) is 0 Å². The summed E-state index contributed by atoms with van der Waals surface area (Å²) < 4.78 is 5.61. The van der Waals surface area contributed by atoms with Crippen LogP contribution in [-0.4, -0.2) is 20.9 Å². The minimum Gasteiger partial charge on any atom is -0.481 e. The maximum Gasteiger partial charge on any atom is 0.314 e. The SMILES string of the molecule is O=C(O)C1c2ccc([N+](=O)[O-])cc2COC1c1cccc([N+](=O)[O-])c1. The number of nitro benzene ring substituents is 2. The van der Waals surface area contributed by atoms with E-state index in [0.717, 1.165) is 0 Å². The maximum absolute atomic E-state index is 11.8. The molecule has 9 nitrogen and oxygen atoms in total. The summed E-state index contributed by atoms with van der Waals surface area (Å²) in [4.78, 5) is 32.5. The van der Waals surface area contributed by atoms with Crippen molar-refractivity contribution in [1.82, 2.24) is 0 Å². The average molecular weight is 344 g/mol. The highest BCUT2D eigenvalue weighted by Crippen LogP contribution is 2.42. The Hall–Kier alpha value is -3.33. The van der Waals surface area contributed by atoms with Gasteiger partial charge in [0, 0.05) is 24.3 Å². The Balaban J connectivity index is 2.05. The highest BCUT2D eigenvalue weighted by atomic mass is 16.6. The minimum atomic E-state index is -1.17. The fourth-order valence-electron chi connectivity index (χ4n) is 2.94. The van der Waals surface area contributed by atoms with Crippen LogP contribution >= 0.6 is 0 Å². The quantitative estimate of drug-likeness (QED) is 0.665. The summed E-state index contributed by atoms with van der Waals surface area (Å²) in [5.41, 5.74) is 0.870. The van der Waals surface area contributed by atoms with Gasteiger partial charge in [-0.3, -0.25) is 25.0 Å². The molecule has 1 aliphatic rings. The first-order valence-electron chi connectivity index (χ1n) is 7.24. The molecular weight excluding hydrogens is 332 g/mol. The topological polar surface area (TPSA) is 133 Å². The van der Waals surface area contributed by atoms with Crippen LogP contribution in [0.25, 0.3) is 0 Å². The van der Waals surface area contributed by atoms with E-state index in [0.29, 0.717) is 16.7 Å². The lowest BCUT2D eigenvalue weighted by atomic mass is 9.84. The summed E-state index contributed by atoms with van der Waals surface area (Å²) in [5.74, 6) is -2.29. The predicted octanol–water partition coefficient (Wildman–Crippen LogP) is 2.94. The van der Waals surface area contributed by atoms with Crippen LogP contribution in [0, 0.1) is 20.2 Å². The lowest BCUT2D eigenvalue weighted by Crippen LogP contribution is -2.27. The zero-order valence-corrected chi connectivity index (χ0v) is 12.7. The summed E-state index contributed by atoms with van der Waals surface area (Å²) >= 11 is 0. The normalized spacial score (nSPS) is 19.0. The highest BCUT2D eigenvalue weighted by molar-refractivity contribution is 5.78. The monoisotopic (exact) mass is 344 g/mol. The van der Waals surface area contributed by atoms with Crippen LogP contribution in [-0.2, 0) is 16.1 Å². The first-order valence-corrected chi connectivity index (χ1v) is 7.24. The van der Waals surface area contributed by atoms with E-state index in [9.17, 15) is 30.1 Å². The molecule has 25 heavy (non-hydrogen) atoms. The highest BCUT2D eigenvalue weighted by Gasteiger charge is 2.38. The van der Waals surface area contributed by atoms with Gasteiger partial charge < -0.3 is 9.84 Å². The van der Waals surface area contributed by atoms with Crippen molar-refractivity contribution in [2.24, 2.45) is 0 Å². The van der Waals surface area contributed by atoms with Gasteiger partial charge in [-0.2, -0.15) is 0 Å². The van der Waals surface area contributed by atoms with E-state index in [4.69, 9.17) is 4.74 Å². The third-order valence-corrected chi connectivity index (χ3v) is 4.07. The Morgan fingerprint density at radius 3 is 2.40 bits per heavy atom. The van der Waals surface area contributed by atoms with Gasteiger partial charge in [-0.15, -0.1) is 0 Å². The number of hydrogen-bond donors (Lipinski definition) is 1. The molecule has 0 aromatic heterocycles. The molecular formula is C16H12N2O7. The third-order valence-electron chi connectivity index (χ3n) is 4.07. The van der Waals surface area contributed by atoms with Crippen molar-refractivity contribution in [2.75, 3.05) is 0 Å². The van der Waals surface area contributed by atoms with Gasteiger partial charge in [-0.25, -0.2) is 0 Å². The molecule has 2 aromatic carbocycles. The first kappa shape index (κ1) is 16.5. The summed E-state index contributed by atoms with van der Waals surface area (Å²) in [7, 11) is 0. The number of aliphatic carboxylic acids is 1. The van der Waals surface area contributed by atoms with Crippen molar-refractivity contribution in [3.05, 3.63) is 79.4 Å². The Bertz CT molecular complexity index is 881. The van der Waals surface area contributed by atoms with Gasteiger partial charge in [0.05, 0.1) is 16.5 Å². The van der Waals surface area contributed by atoms with Crippen molar-refractivity contribution in [3.63, 3.8) is 0 Å². The first-order chi connectivity index (χ1) is 11.9. The average Bonchev–Trinajstić information content (AvgIpc) is 2.60. The largest absolute Gasteiger partial charge is 0.481 e. The smallest absolute Gasteiger partial charge is 0.314 e. The molecule has 1 aliphatic heterocycles. The van der Waals surface area contributed by atoms with Crippen LogP contribution < -0.4 is 0 Å². The summed E-state index contributed by atoms with van der Waals surface area (Å²) in [6, 6.07) is 9.53. The molecule has 2 atom stereocenters. The van der Waals surface area contributed by atoms with Gasteiger partial charge in [0.1, 0.15) is 12.0 Å². The van der Waals surface area contributed by atoms with Crippen LogP contribution in [0.15, 0.2) is 42.5 Å². The van der Waals surface area contributed by atoms with Crippen molar-refractivity contribution in [2.45, 2.75) is 18.6 Å². The summed E-state index contributed by atoms with van der Waals surface area (Å²) in [6.07, 6.45) is -0.925. The number of nitro groups is 2. The Kier molecular flexibility index (Phi) is 4.15. The molecule has 1 heterocycles. The number of hydrogen-bond acceptors (Lipinski definition) is 6. The lowest BCUT2D eigenvalue weighted by Gasteiger charge is -2.31. The van der Waals surface area contributed by atoms with Gasteiger partial charge in [-0.05, 0) is 16.7 Å². The zero-order valence-electron chi connectivity index (χ0n) is 12.7. The van der Waals surface area contributed by atoms with Crippen LogP contribution in [0.5, 0.6) is 0 Å². The third kappa shape index (κ3) is 3.04. The van der Waals surface area contributed by atoms with Crippen LogP contribution in [0.4, 0.5) is 11.4 Å². The van der Waals surface area contributed by atoms with Gasteiger partial charge in [0.15, 0.2) is 0 Å². The fourth-order valence-corrected chi connectivity index (χ4v) is 2.94. The molecule has 1 N–H and O–H groups in total. The van der Waals surface area contributed by atoms with E-state index in [1.165, 1.54) is 36.4 Å². The number of carboxylic acids is 1. The van der Waals surface area contributed by atoms with Crippen molar-refractivity contribution < 1.29 is 24.5 Å². The molecule has 0 bridgehead atoms. The number of carbonyl (C=O) groups is 1. The zero-order chi connectivity index (χ0) is 18.1. The van der Waals surface area contributed by atoms with Gasteiger partial charge >= 0.3 is 5.97 Å². The van der Waals surface area contributed by atoms with Crippen LogP contribution in [0.1, 0.15) is 28.7 Å². The molecule has 0 saturated carbocycles. The van der Waals surface area contributed by atoms with E-state index < -0.39 is 27.8 Å². The minimum absolute atomic E-state index is 0.0197. The Morgan fingerprint density at radius 2 is 1.76 bits per heavy atom. The molecule has 0 amide bonds. The number of ether oxygens (including phenoxy) is 1. The molecule has 2 unspecified atom stereocenters. The van der Waals surface area contributed by atoms with Crippen LogP contribution in [0.2, 0.25) is 0 Å². The number of benzene rings is 2. The lowest BCUT2D eigenvalue weighted by molar-refractivity contribution is -0.385. The van der Waals surface area contributed by atoms with Gasteiger partial charge in [0.2, 0.25) is 0 Å². The second-order valence-corrected chi connectivity index (χ2v) is 5.54. The number of rotatable bonds is 4. The van der Waals surface area contributed by atoms with Gasteiger partial charge in [0.25, 0.3) is 11.4 Å². The van der Waals surface area contributed by atoms with E-state index in [2.05, 4.69) is 0 Å². The van der Waals surface area contributed by atoms with E-state index in [1.54, 1.807) is 6.07 Å². The number of fused-ring (bicyclic) bond motifs is 1. The molecule has 0 aliphatic carbocycles. The molecule has 3 rings (SSSR count). The molecule has 0 radical (unpaired) electrons.